The number of thiophene rings is 1. The number of halogens is 1. The van der Waals surface area contributed by atoms with Gasteiger partial charge in [0.25, 0.3) is 5.91 Å². The van der Waals surface area contributed by atoms with Crippen molar-refractivity contribution in [2.24, 2.45) is 0 Å². The van der Waals surface area contributed by atoms with Gasteiger partial charge in [-0.3, -0.25) is 9.59 Å². The minimum absolute atomic E-state index is 0.00286. The number of amides is 2. The molecule has 0 aliphatic carbocycles. The quantitative estimate of drug-likeness (QED) is 0.468. The van der Waals surface area contributed by atoms with E-state index in [9.17, 15) is 23.1 Å². The van der Waals surface area contributed by atoms with Crippen molar-refractivity contribution < 1.29 is 32.7 Å². The Morgan fingerprint density at radius 2 is 2.00 bits per heavy atom. The summed E-state index contributed by atoms with van der Waals surface area (Å²) in [5, 5.41) is 10.6. The highest BCUT2D eigenvalue weighted by atomic mass is 79.9. The molecule has 1 aromatic heterocycles. The molecule has 12 heteroatoms. The van der Waals surface area contributed by atoms with Crippen LogP contribution in [0.3, 0.4) is 0 Å². The second kappa shape index (κ2) is 11.7. The predicted molar refractivity (Wildman–Crippen MR) is 138 cm³/mol. The van der Waals surface area contributed by atoms with Crippen LogP contribution in [-0.2, 0) is 33.7 Å². The number of ether oxygens (including phenoxy) is 1. The van der Waals surface area contributed by atoms with Crippen LogP contribution < -0.4 is 5.48 Å². The molecule has 2 amide bonds. The topological polar surface area (TPSA) is 122 Å². The van der Waals surface area contributed by atoms with E-state index in [4.69, 9.17) is 9.57 Å². The molecule has 2 fully saturated rings. The number of hydrogen-bond acceptors (Lipinski definition) is 8. The third-order valence-electron chi connectivity index (χ3n) is 6.58. The lowest BCUT2D eigenvalue weighted by molar-refractivity contribution is -0.200. The van der Waals surface area contributed by atoms with E-state index < -0.39 is 38.8 Å². The monoisotopic (exact) mass is 600 g/mol. The smallest absolute Gasteiger partial charge is 0.256 e. The second-order valence-electron chi connectivity index (χ2n) is 8.92. The molecule has 2 aliphatic rings. The number of aliphatic hydroxyl groups excluding tert-OH is 1. The number of nitrogens with one attached hydrogen (secondary N) is 1. The van der Waals surface area contributed by atoms with Crippen molar-refractivity contribution in [1.29, 1.82) is 0 Å². The van der Waals surface area contributed by atoms with E-state index in [1.807, 2.05) is 0 Å². The summed E-state index contributed by atoms with van der Waals surface area (Å²) in [5.74, 6) is -1.49. The predicted octanol–water partition coefficient (Wildman–Crippen LogP) is 3.05. The number of rotatable bonds is 7. The van der Waals surface area contributed by atoms with Crippen molar-refractivity contribution >= 4 is 48.9 Å². The molecule has 0 spiro atoms. The average molecular weight is 602 g/mol. The molecular formula is C24H29BrN2O7S2. The Bertz CT molecular complexity index is 1170. The van der Waals surface area contributed by atoms with Crippen LogP contribution in [-0.4, -0.2) is 62.0 Å². The molecular weight excluding hydrogens is 572 g/mol. The molecule has 2 unspecified atom stereocenters. The van der Waals surface area contributed by atoms with E-state index in [2.05, 4.69) is 21.4 Å². The minimum atomic E-state index is -3.89. The average Bonchev–Trinajstić information content (AvgIpc) is 3.28. The number of carbonyl (C=O) groups is 2. The summed E-state index contributed by atoms with van der Waals surface area (Å²) in [4.78, 5) is 33.3. The highest BCUT2D eigenvalue weighted by Crippen LogP contribution is 2.44. The second-order valence-corrected chi connectivity index (χ2v) is 13.8. The third kappa shape index (κ3) is 6.00. The van der Waals surface area contributed by atoms with Crippen molar-refractivity contribution in [2.75, 3.05) is 25.4 Å². The summed E-state index contributed by atoms with van der Waals surface area (Å²) in [6.07, 6.45) is 0.165. The van der Waals surface area contributed by atoms with Crippen LogP contribution in [0.1, 0.15) is 48.6 Å². The van der Waals surface area contributed by atoms with Crippen molar-refractivity contribution in [3.63, 3.8) is 0 Å². The Morgan fingerprint density at radius 1 is 1.22 bits per heavy atom. The first kappa shape index (κ1) is 27.2. The van der Waals surface area contributed by atoms with Crippen molar-refractivity contribution in [3.8, 4) is 0 Å². The first-order valence-corrected chi connectivity index (χ1v) is 15.0. The van der Waals surface area contributed by atoms with Gasteiger partial charge >= 0.3 is 0 Å². The zero-order valence-corrected chi connectivity index (χ0v) is 22.8. The van der Waals surface area contributed by atoms with Gasteiger partial charge in [-0.2, -0.15) is 0 Å². The van der Waals surface area contributed by atoms with E-state index in [-0.39, 0.29) is 31.7 Å². The van der Waals surface area contributed by atoms with E-state index in [1.165, 1.54) is 16.2 Å². The van der Waals surface area contributed by atoms with Gasteiger partial charge in [0.1, 0.15) is 4.75 Å². The zero-order valence-electron chi connectivity index (χ0n) is 19.6. The SMILES string of the molecule is O=C(CC1(c2ccc(Br)s2)CCN(C(=O)[C@@H](O)c2ccccc2)CCS1(=O)=O)NOC1CCCCO1. The highest BCUT2D eigenvalue weighted by molar-refractivity contribution is 9.11. The normalized spacial score (nSPS) is 25.1. The molecule has 0 radical (unpaired) electrons. The van der Waals surface area contributed by atoms with E-state index in [0.717, 1.165) is 16.6 Å². The summed E-state index contributed by atoms with van der Waals surface area (Å²) in [5.41, 5.74) is 2.81. The molecule has 9 nitrogen and oxygen atoms in total. The van der Waals surface area contributed by atoms with E-state index >= 15 is 0 Å². The van der Waals surface area contributed by atoms with E-state index in [1.54, 1.807) is 42.5 Å². The molecule has 2 N–H and O–H groups in total. The number of benzene rings is 1. The van der Waals surface area contributed by atoms with Gasteiger partial charge in [0.05, 0.1) is 16.0 Å². The largest absolute Gasteiger partial charge is 0.378 e. The fourth-order valence-electron chi connectivity index (χ4n) is 4.53. The molecule has 4 rings (SSSR count). The molecule has 0 saturated carbocycles. The van der Waals surface area contributed by atoms with Crippen LogP contribution in [0.15, 0.2) is 46.3 Å². The lowest BCUT2D eigenvalue weighted by Gasteiger charge is -2.31. The van der Waals surface area contributed by atoms with Crippen molar-refractivity contribution in [2.45, 2.75) is 49.2 Å². The number of aliphatic hydroxyl groups is 1. The maximum Gasteiger partial charge on any atom is 0.256 e. The molecule has 36 heavy (non-hydrogen) atoms. The highest BCUT2D eigenvalue weighted by Gasteiger charge is 2.50. The van der Waals surface area contributed by atoms with Crippen LogP contribution in [0.25, 0.3) is 0 Å². The summed E-state index contributed by atoms with van der Waals surface area (Å²) in [7, 11) is -3.89. The summed E-state index contributed by atoms with van der Waals surface area (Å²) in [6.45, 7) is 0.533. The first-order valence-electron chi connectivity index (χ1n) is 11.8. The van der Waals surface area contributed by atoms with Gasteiger partial charge in [-0.05, 0) is 52.9 Å². The fourth-order valence-corrected chi connectivity index (χ4v) is 8.52. The standard InChI is InChI=1S/C24H29BrN2O7S2/c25-19-10-9-18(35-19)24(16-20(28)26-34-21-8-4-5-14-33-21)11-12-27(13-15-36(24,31)32)23(30)22(29)17-6-2-1-3-7-17/h1-3,6-7,9-10,21-22,29H,4-5,8,11-16H2,(H,26,28)/t21?,22-,24?/m0/s1. The summed E-state index contributed by atoms with van der Waals surface area (Å²) >= 11 is 4.64. The summed E-state index contributed by atoms with van der Waals surface area (Å²) in [6, 6.07) is 11.9. The van der Waals surface area contributed by atoms with Gasteiger partial charge in [0, 0.05) is 31.0 Å². The van der Waals surface area contributed by atoms with Crippen LogP contribution in [0.5, 0.6) is 0 Å². The first-order chi connectivity index (χ1) is 17.2. The molecule has 196 valence electrons. The van der Waals surface area contributed by atoms with E-state index in [0.29, 0.717) is 23.5 Å². The lowest BCUT2D eigenvalue weighted by Crippen LogP contribution is -2.43. The number of nitrogens with zero attached hydrogens (tertiary/aromatic N) is 1. The summed E-state index contributed by atoms with van der Waals surface area (Å²) < 4.78 is 32.1. The molecule has 1 aromatic carbocycles. The Hall–Kier alpha value is -1.83. The zero-order chi connectivity index (χ0) is 25.8. The van der Waals surface area contributed by atoms with Gasteiger partial charge in [0.15, 0.2) is 22.2 Å². The van der Waals surface area contributed by atoms with Crippen LogP contribution in [0.4, 0.5) is 0 Å². The Kier molecular flexibility index (Phi) is 8.84. The number of carbonyl (C=O) groups excluding carboxylic acids is 2. The van der Waals surface area contributed by atoms with Gasteiger partial charge in [0.2, 0.25) is 5.91 Å². The fraction of sp³-hybridized carbons (Fsp3) is 0.500. The lowest BCUT2D eigenvalue weighted by atomic mass is 9.97. The van der Waals surface area contributed by atoms with Gasteiger partial charge < -0.3 is 14.7 Å². The molecule has 3 heterocycles. The van der Waals surface area contributed by atoms with Crippen molar-refractivity contribution in [3.05, 3.63) is 56.7 Å². The maximum absolute atomic E-state index is 13.7. The Morgan fingerprint density at radius 3 is 2.67 bits per heavy atom. The Balaban J connectivity index is 1.55. The van der Waals surface area contributed by atoms with Gasteiger partial charge in [-0.15, -0.1) is 11.3 Å². The molecule has 2 aliphatic heterocycles. The maximum atomic E-state index is 13.7. The van der Waals surface area contributed by atoms with Crippen LogP contribution >= 0.6 is 27.3 Å². The molecule has 2 saturated heterocycles. The van der Waals surface area contributed by atoms with Gasteiger partial charge in [-0.25, -0.2) is 18.7 Å². The van der Waals surface area contributed by atoms with Gasteiger partial charge in [-0.1, -0.05) is 30.3 Å². The minimum Gasteiger partial charge on any atom is -0.378 e. The van der Waals surface area contributed by atoms with Crippen LogP contribution in [0.2, 0.25) is 0 Å². The molecule has 3 atom stereocenters. The van der Waals surface area contributed by atoms with Crippen LogP contribution in [0, 0.1) is 0 Å². The molecule has 2 aromatic rings. The Labute approximate surface area is 222 Å². The number of sulfone groups is 1. The van der Waals surface area contributed by atoms with Crippen molar-refractivity contribution in [1.82, 2.24) is 10.4 Å². The third-order valence-corrected chi connectivity index (χ3v) is 11.0. The number of hydroxylamine groups is 1. The number of hydrogen-bond donors (Lipinski definition) is 2. The molecule has 0 bridgehead atoms.